The molecule has 0 saturated heterocycles. The number of nitrogens with one attached hydrogen (secondary N) is 2. The molecule has 0 heterocycles. The number of thiol groups is 2. The van der Waals surface area contributed by atoms with E-state index in [0.717, 1.165) is 50.8 Å². The maximum absolute atomic E-state index is 4.43. The number of rotatable bonds is 25. The first-order valence-corrected chi connectivity index (χ1v) is 14.1. The predicted molar refractivity (Wildman–Crippen MR) is 144 cm³/mol. The molecule has 0 rings (SSSR count). The van der Waals surface area contributed by atoms with E-state index in [4.69, 9.17) is 0 Å². The summed E-state index contributed by atoms with van der Waals surface area (Å²) < 4.78 is 0. The summed E-state index contributed by atoms with van der Waals surface area (Å²) in [5.41, 5.74) is 0. The molecular weight excluding hydrogens is 408 g/mol. The van der Waals surface area contributed by atoms with Crippen molar-refractivity contribution in [3.63, 3.8) is 0 Å². The van der Waals surface area contributed by atoms with Crippen molar-refractivity contribution < 1.29 is 0 Å². The topological polar surface area (TPSA) is 30.5 Å². The molecule has 0 aromatic heterocycles. The smallest absolute Gasteiger partial charge is 0.0107 e. The molecule has 0 atom stereocenters. The average molecular weight is 463 g/mol. The van der Waals surface area contributed by atoms with Gasteiger partial charge in [0.25, 0.3) is 0 Å². The van der Waals surface area contributed by atoms with Gasteiger partial charge in [0.15, 0.2) is 0 Å². The van der Waals surface area contributed by atoms with Crippen LogP contribution in [0, 0.1) is 0 Å². The molecule has 0 aliphatic rings. The third kappa shape index (κ3) is 21.8. The van der Waals surface area contributed by atoms with Crippen LogP contribution in [0.2, 0.25) is 0 Å². The van der Waals surface area contributed by atoms with Gasteiger partial charge in [0.1, 0.15) is 0 Å². The molecule has 182 valence electrons. The molecule has 0 fully saturated rings. The fourth-order valence-corrected chi connectivity index (χ4v) is 4.23. The number of hydrogen-bond donors (Lipinski definition) is 4. The largest absolute Gasteiger partial charge is 0.315 e. The quantitative estimate of drug-likeness (QED) is 0.118. The lowest BCUT2D eigenvalue weighted by Crippen LogP contribution is -2.34. The minimum absolute atomic E-state index is 0.964. The molecule has 0 radical (unpaired) electrons. The molecule has 0 aliphatic carbocycles. The zero-order chi connectivity index (χ0) is 22.1. The van der Waals surface area contributed by atoms with Gasteiger partial charge in [-0.2, -0.15) is 25.3 Å². The van der Waals surface area contributed by atoms with Gasteiger partial charge >= 0.3 is 0 Å². The summed E-state index contributed by atoms with van der Waals surface area (Å²) in [5.74, 6) is 1.93. The monoisotopic (exact) mass is 462 g/mol. The van der Waals surface area contributed by atoms with E-state index in [1.807, 2.05) is 0 Å². The lowest BCUT2D eigenvalue weighted by atomic mass is 10.1. The van der Waals surface area contributed by atoms with E-state index in [9.17, 15) is 0 Å². The van der Waals surface area contributed by atoms with Gasteiger partial charge in [-0.3, -0.25) is 0 Å². The fourth-order valence-electron chi connectivity index (χ4n) is 3.66. The number of hydrogen-bond acceptors (Lipinski definition) is 6. The van der Waals surface area contributed by atoms with Crippen LogP contribution in [0.5, 0.6) is 0 Å². The van der Waals surface area contributed by atoms with Crippen molar-refractivity contribution in [2.75, 3.05) is 77.0 Å². The Morgan fingerprint density at radius 2 is 0.867 bits per heavy atom. The second kappa shape index (κ2) is 25.8. The Bertz CT molecular complexity index is 292. The highest BCUT2D eigenvalue weighted by Crippen LogP contribution is 2.07. The van der Waals surface area contributed by atoms with Crippen molar-refractivity contribution in [1.82, 2.24) is 20.4 Å². The van der Waals surface area contributed by atoms with Crippen LogP contribution in [-0.4, -0.2) is 86.8 Å². The molecule has 0 amide bonds. The van der Waals surface area contributed by atoms with Crippen molar-refractivity contribution in [2.45, 2.75) is 78.1 Å². The second-order valence-corrected chi connectivity index (χ2v) is 9.35. The van der Waals surface area contributed by atoms with E-state index < -0.39 is 0 Å². The van der Waals surface area contributed by atoms with Crippen molar-refractivity contribution in [3.05, 3.63) is 0 Å². The van der Waals surface area contributed by atoms with Crippen LogP contribution in [0.15, 0.2) is 0 Å². The Labute approximate surface area is 200 Å². The zero-order valence-corrected chi connectivity index (χ0v) is 22.1. The van der Waals surface area contributed by atoms with Gasteiger partial charge in [0.2, 0.25) is 0 Å². The minimum atomic E-state index is 0.964. The molecule has 0 aromatic carbocycles. The maximum atomic E-state index is 4.43. The molecule has 0 spiro atoms. The summed E-state index contributed by atoms with van der Waals surface area (Å²) in [5, 5.41) is 7.12. The van der Waals surface area contributed by atoms with Gasteiger partial charge in [-0.05, 0) is 51.9 Å². The van der Waals surface area contributed by atoms with Crippen molar-refractivity contribution in [2.24, 2.45) is 0 Å². The Balaban J connectivity index is 3.64. The third-order valence-electron chi connectivity index (χ3n) is 5.65. The summed E-state index contributed by atoms with van der Waals surface area (Å²) >= 11 is 8.87. The van der Waals surface area contributed by atoms with E-state index in [0.29, 0.717) is 0 Å². The van der Waals surface area contributed by atoms with E-state index in [2.05, 4.69) is 59.5 Å². The Morgan fingerprint density at radius 3 is 1.23 bits per heavy atom. The van der Waals surface area contributed by atoms with Gasteiger partial charge in [0, 0.05) is 50.8 Å². The van der Waals surface area contributed by atoms with E-state index in [1.54, 1.807) is 0 Å². The van der Waals surface area contributed by atoms with Gasteiger partial charge in [0.05, 0.1) is 0 Å². The molecule has 0 bridgehead atoms. The van der Waals surface area contributed by atoms with E-state index in [-0.39, 0.29) is 0 Å². The summed E-state index contributed by atoms with van der Waals surface area (Å²) in [7, 11) is 0. The molecule has 0 saturated carbocycles. The van der Waals surface area contributed by atoms with Gasteiger partial charge in [-0.15, -0.1) is 0 Å². The Morgan fingerprint density at radius 1 is 0.467 bits per heavy atom. The summed E-state index contributed by atoms with van der Waals surface area (Å²) in [6, 6.07) is 0. The molecular formula is C24H54N4S2. The summed E-state index contributed by atoms with van der Waals surface area (Å²) in [6.07, 6.45) is 13.3. The van der Waals surface area contributed by atoms with Gasteiger partial charge in [-0.25, -0.2) is 0 Å². The average Bonchev–Trinajstić information content (AvgIpc) is 2.75. The molecule has 0 unspecified atom stereocenters. The van der Waals surface area contributed by atoms with Crippen LogP contribution in [-0.2, 0) is 0 Å². The first-order chi connectivity index (χ1) is 14.8. The third-order valence-corrected chi connectivity index (χ3v) is 6.05. The SMILES string of the molecule is CCCCNCCN(CCS)CCCCCCCCN(CCS)CCNCCCC. The Kier molecular flexibility index (Phi) is 26.3. The fraction of sp³-hybridized carbons (Fsp3) is 1.00. The standard InChI is InChI=1S/C24H54N4S2/c1-3-5-13-25-15-19-27(21-23-29)17-11-9-7-8-10-12-18-28(22-24-30)20-16-26-14-6-4-2/h25-26,29-30H,3-24H2,1-2H3. The highest BCUT2D eigenvalue weighted by atomic mass is 32.1. The molecule has 30 heavy (non-hydrogen) atoms. The first kappa shape index (κ1) is 30.5. The predicted octanol–water partition coefficient (Wildman–Crippen LogP) is 4.57. The van der Waals surface area contributed by atoms with E-state index >= 15 is 0 Å². The van der Waals surface area contributed by atoms with Crippen LogP contribution >= 0.6 is 25.3 Å². The van der Waals surface area contributed by atoms with Crippen LogP contribution in [0.1, 0.15) is 78.1 Å². The molecule has 0 aliphatic heterocycles. The highest BCUT2D eigenvalue weighted by Gasteiger charge is 2.05. The van der Waals surface area contributed by atoms with E-state index in [1.165, 1.54) is 90.4 Å². The second-order valence-electron chi connectivity index (χ2n) is 8.46. The summed E-state index contributed by atoms with van der Waals surface area (Å²) in [6.45, 7) is 16.1. The van der Waals surface area contributed by atoms with Crippen LogP contribution in [0.4, 0.5) is 0 Å². The maximum Gasteiger partial charge on any atom is 0.0107 e. The van der Waals surface area contributed by atoms with Crippen LogP contribution in [0.25, 0.3) is 0 Å². The van der Waals surface area contributed by atoms with Crippen molar-refractivity contribution in [3.8, 4) is 0 Å². The van der Waals surface area contributed by atoms with Gasteiger partial charge in [-0.1, -0.05) is 52.4 Å². The lowest BCUT2D eigenvalue weighted by Gasteiger charge is -2.22. The molecule has 0 aromatic rings. The molecule has 6 heteroatoms. The summed E-state index contributed by atoms with van der Waals surface area (Å²) in [4.78, 5) is 5.16. The van der Waals surface area contributed by atoms with Crippen LogP contribution < -0.4 is 10.6 Å². The zero-order valence-electron chi connectivity index (χ0n) is 20.3. The molecule has 2 N–H and O–H groups in total. The van der Waals surface area contributed by atoms with Crippen molar-refractivity contribution >= 4 is 25.3 Å². The number of unbranched alkanes of at least 4 members (excludes halogenated alkanes) is 7. The van der Waals surface area contributed by atoms with Gasteiger partial charge < -0.3 is 20.4 Å². The Hall–Kier alpha value is 0.540. The number of nitrogens with zero attached hydrogens (tertiary/aromatic N) is 2. The first-order valence-electron chi connectivity index (χ1n) is 12.9. The highest BCUT2D eigenvalue weighted by molar-refractivity contribution is 7.80. The van der Waals surface area contributed by atoms with Crippen molar-refractivity contribution in [1.29, 1.82) is 0 Å². The molecule has 4 nitrogen and oxygen atoms in total. The lowest BCUT2D eigenvalue weighted by molar-refractivity contribution is 0.277. The minimum Gasteiger partial charge on any atom is -0.315 e. The normalized spacial score (nSPS) is 11.8. The van der Waals surface area contributed by atoms with Crippen LogP contribution in [0.3, 0.4) is 0 Å².